The summed E-state index contributed by atoms with van der Waals surface area (Å²) >= 11 is 1.91. The van der Waals surface area contributed by atoms with Crippen LogP contribution < -0.4 is 11.3 Å². The molecule has 0 bridgehead atoms. The fourth-order valence-electron chi connectivity index (χ4n) is 1.41. The van der Waals surface area contributed by atoms with E-state index in [9.17, 15) is 4.79 Å². The number of hydrogen-bond donors (Lipinski definition) is 2. The van der Waals surface area contributed by atoms with Gasteiger partial charge in [0.05, 0.1) is 5.69 Å². The molecular weight excluding hydrogens is 186 g/mol. The lowest BCUT2D eigenvalue weighted by Gasteiger charge is -2.06. The zero-order valence-corrected chi connectivity index (χ0v) is 7.93. The Kier molecular flexibility index (Phi) is 2.26. The van der Waals surface area contributed by atoms with E-state index >= 15 is 0 Å². The molecule has 0 aromatic carbocycles. The lowest BCUT2D eigenvalue weighted by atomic mass is 10.1. The maximum atomic E-state index is 10.9. The minimum Gasteiger partial charge on any atom is -0.394 e. The number of H-pyrrole nitrogens is 1. The molecule has 0 amide bonds. The second kappa shape index (κ2) is 3.41. The highest BCUT2D eigenvalue weighted by atomic mass is 32.2. The third kappa shape index (κ3) is 1.70. The van der Waals surface area contributed by atoms with Gasteiger partial charge in [-0.15, -0.1) is 0 Å². The van der Waals surface area contributed by atoms with Crippen LogP contribution in [0.1, 0.15) is 18.0 Å². The van der Waals surface area contributed by atoms with Crippen molar-refractivity contribution in [2.24, 2.45) is 0 Å². The normalized spacial score (nSPS) is 22.0. The molecule has 0 aliphatic carbocycles. The number of nitrogens with two attached hydrogens (primary N) is 1. The predicted molar refractivity (Wildman–Crippen MR) is 54.0 cm³/mol. The lowest BCUT2D eigenvalue weighted by molar-refractivity contribution is 0.725. The van der Waals surface area contributed by atoms with Crippen molar-refractivity contribution in [3.63, 3.8) is 0 Å². The molecule has 3 N–H and O–H groups in total. The van der Waals surface area contributed by atoms with Crippen molar-refractivity contribution in [2.45, 2.75) is 12.3 Å². The topological polar surface area (TPSA) is 71.8 Å². The summed E-state index contributed by atoms with van der Waals surface area (Å²) in [5, 5.41) is 6.40. The van der Waals surface area contributed by atoms with Gasteiger partial charge in [-0.2, -0.15) is 16.9 Å². The molecule has 13 heavy (non-hydrogen) atoms. The summed E-state index contributed by atoms with van der Waals surface area (Å²) in [6.45, 7) is 0. The molecule has 5 heteroatoms. The Balaban J connectivity index is 2.30. The summed E-state index contributed by atoms with van der Waals surface area (Å²) in [7, 11) is 0. The van der Waals surface area contributed by atoms with Gasteiger partial charge in [-0.1, -0.05) is 0 Å². The fourth-order valence-corrected chi connectivity index (χ4v) is 2.65. The first-order chi connectivity index (χ1) is 6.27. The van der Waals surface area contributed by atoms with Crippen LogP contribution in [0.2, 0.25) is 0 Å². The van der Waals surface area contributed by atoms with Crippen LogP contribution in [-0.4, -0.2) is 21.7 Å². The zero-order chi connectivity index (χ0) is 9.26. The van der Waals surface area contributed by atoms with Crippen LogP contribution in [0.4, 0.5) is 5.69 Å². The Hall–Kier alpha value is -0.970. The number of hydrogen-bond acceptors (Lipinski definition) is 4. The summed E-state index contributed by atoms with van der Waals surface area (Å²) in [6.07, 6.45) is 1.13. The molecule has 2 rings (SSSR count). The number of nitrogens with zero attached hydrogens (tertiary/aromatic N) is 1. The van der Waals surface area contributed by atoms with Gasteiger partial charge in [0.25, 0.3) is 5.56 Å². The molecule has 1 aliphatic rings. The van der Waals surface area contributed by atoms with Crippen molar-refractivity contribution >= 4 is 17.4 Å². The van der Waals surface area contributed by atoms with E-state index in [2.05, 4.69) is 10.2 Å². The summed E-state index contributed by atoms with van der Waals surface area (Å²) in [5.41, 5.74) is 6.39. The molecule has 0 spiro atoms. The van der Waals surface area contributed by atoms with E-state index in [0.717, 1.165) is 17.9 Å². The number of aromatic nitrogens is 2. The first-order valence-corrected chi connectivity index (χ1v) is 5.35. The Labute approximate surface area is 79.9 Å². The minimum absolute atomic E-state index is 0.266. The number of rotatable bonds is 1. The van der Waals surface area contributed by atoms with Gasteiger partial charge in [0.2, 0.25) is 0 Å². The third-order valence-corrected chi connectivity index (χ3v) is 3.36. The van der Waals surface area contributed by atoms with Gasteiger partial charge in [0, 0.05) is 11.7 Å². The largest absolute Gasteiger partial charge is 0.394 e. The monoisotopic (exact) mass is 197 g/mol. The molecule has 1 saturated heterocycles. The van der Waals surface area contributed by atoms with Crippen molar-refractivity contribution in [3.8, 4) is 0 Å². The molecule has 1 fully saturated rings. The van der Waals surface area contributed by atoms with Gasteiger partial charge in [-0.25, -0.2) is 5.10 Å². The molecular formula is C8H11N3OS. The molecule has 4 nitrogen and oxygen atoms in total. The van der Waals surface area contributed by atoms with Crippen LogP contribution >= 0.6 is 11.8 Å². The van der Waals surface area contributed by atoms with Crippen molar-refractivity contribution < 1.29 is 0 Å². The molecule has 70 valence electrons. The van der Waals surface area contributed by atoms with E-state index in [1.807, 2.05) is 11.8 Å². The molecule has 0 radical (unpaired) electrons. The van der Waals surface area contributed by atoms with E-state index in [1.54, 1.807) is 6.07 Å². The summed E-state index contributed by atoms with van der Waals surface area (Å²) in [4.78, 5) is 10.9. The van der Waals surface area contributed by atoms with Gasteiger partial charge in [-0.3, -0.25) is 4.79 Å². The van der Waals surface area contributed by atoms with E-state index < -0.39 is 0 Å². The number of nitrogen functional groups attached to an aromatic ring is 1. The quantitative estimate of drug-likeness (QED) is 0.690. The van der Waals surface area contributed by atoms with Gasteiger partial charge in [-0.05, 0) is 18.2 Å². The highest BCUT2D eigenvalue weighted by molar-refractivity contribution is 7.99. The summed E-state index contributed by atoms with van der Waals surface area (Å²) in [5.74, 6) is 2.72. The number of aromatic amines is 1. The van der Waals surface area contributed by atoms with Crippen molar-refractivity contribution in [1.82, 2.24) is 10.2 Å². The predicted octanol–water partition coefficient (Wildman–Crippen LogP) is 0.573. The van der Waals surface area contributed by atoms with Crippen LogP contribution in [-0.2, 0) is 0 Å². The SMILES string of the molecule is Nc1cc(C2CCSC2)n[nH]c1=O. The van der Waals surface area contributed by atoms with Crippen LogP contribution in [0.25, 0.3) is 0 Å². The Bertz CT molecular complexity index is 357. The Morgan fingerprint density at radius 1 is 1.69 bits per heavy atom. The highest BCUT2D eigenvalue weighted by Crippen LogP contribution is 2.30. The standard InChI is InChI=1S/C8H11N3OS/c9-6-3-7(10-11-8(6)12)5-1-2-13-4-5/h3,5H,1-2,4H2,(H2,9,10)(H,11,12). The van der Waals surface area contributed by atoms with Crippen molar-refractivity contribution in [3.05, 3.63) is 22.1 Å². The average molecular weight is 197 g/mol. The number of thioether (sulfide) groups is 1. The number of nitrogens with one attached hydrogen (secondary N) is 1. The Morgan fingerprint density at radius 2 is 2.54 bits per heavy atom. The molecule has 0 saturated carbocycles. The Morgan fingerprint density at radius 3 is 3.15 bits per heavy atom. The fraction of sp³-hybridized carbons (Fsp3) is 0.500. The van der Waals surface area contributed by atoms with Crippen molar-refractivity contribution in [1.29, 1.82) is 0 Å². The van der Waals surface area contributed by atoms with E-state index in [1.165, 1.54) is 5.75 Å². The smallest absolute Gasteiger partial charge is 0.287 e. The summed E-state index contributed by atoms with van der Waals surface area (Å²) < 4.78 is 0. The molecule has 2 heterocycles. The minimum atomic E-state index is -0.297. The van der Waals surface area contributed by atoms with Gasteiger partial charge in [0.15, 0.2) is 0 Å². The van der Waals surface area contributed by atoms with Crippen molar-refractivity contribution in [2.75, 3.05) is 17.2 Å². The average Bonchev–Trinajstić information content (AvgIpc) is 2.62. The molecule has 1 aromatic heterocycles. The second-order valence-corrected chi connectivity index (χ2v) is 4.29. The van der Waals surface area contributed by atoms with E-state index in [-0.39, 0.29) is 11.2 Å². The zero-order valence-electron chi connectivity index (χ0n) is 7.12. The van der Waals surface area contributed by atoms with Crippen LogP contribution in [0.5, 0.6) is 0 Å². The second-order valence-electron chi connectivity index (χ2n) is 3.14. The van der Waals surface area contributed by atoms with E-state index in [4.69, 9.17) is 5.73 Å². The lowest BCUT2D eigenvalue weighted by Crippen LogP contribution is -2.16. The molecule has 1 aromatic rings. The number of anilines is 1. The van der Waals surface area contributed by atoms with Crippen LogP contribution in [0.15, 0.2) is 10.9 Å². The van der Waals surface area contributed by atoms with Gasteiger partial charge >= 0.3 is 0 Å². The molecule has 1 unspecified atom stereocenters. The molecule has 1 aliphatic heterocycles. The highest BCUT2D eigenvalue weighted by Gasteiger charge is 2.19. The third-order valence-electron chi connectivity index (χ3n) is 2.20. The maximum Gasteiger partial charge on any atom is 0.287 e. The molecule has 1 atom stereocenters. The van der Waals surface area contributed by atoms with Gasteiger partial charge < -0.3 is 5.73 Å². The van der Waals surface area contributed by atoms with E-state index in [0.29, 0.717) is 5.92 Å². The first kappa shape index (κ1) is 8.62. The van der Waals surface area contributed by atoms with Gasteiger partial charge in [0.1, 0.15) is 5.69 Å². The maximum absolute atomic E-state index is 10.9. The summed E-state index contributed by atoms with van der Waals surface area (Å²) in [6, 6.07) is 1.69. The first-order valence-electron chi connectivity index (χ1n) is 4.20. The van der Waals surface area contributed by atoms with Crippen LogP contribution in [0, 0.1) is 0 Å². The van der Waals surface area contributed by atoms with Crippen LogP contribution in [0.3, 0.4) is 0 Å².